The van der Waals surface area contributed by atoms with Crippen molar-refractivity contribution in [3.05, 3.63) is 97.2 Å². The minimum absolute atomic E-state index is 0.0855. The molecule has 1 atom stereocenters. The molecule has 0 spiro atoms. The second-order valence-corrected chi connectivity index (χ2v) is 16.7. The first-order valence-corrected chi connectivity index (χ1v) is 25.7. The van der Waals surface area contributed by atoms with Crippen molar-refractivity contribution in [2.24, 2.45) is 0 Å². The van der Waals surface area contributed by atoms with Crippen molar-refractivity contribution in [1.82, 2.24) is 0 Å². The fourth-order valence-corrected chi connectivity index (χ4v) is 6.75. The van der Waals surface area contributed by atoms with Crippen molar-refractivity contribution >= 4 is 17.9 Å². The van der Waals surface area contributed by atoms with Crippen molar-refractivity contribution < 1.29 is 28.6 Å². The Morgan fingerprint density at radius 1 is 0.333 bits per heavy atom. The molecule has 6 heteroatoms. The number of unbranched alkanes of at least 4 members (excludes halogenated alkanes) is 18. The first-order chi connectivity index (χ1) is 31.0. The van der Waals surface area contributed by atoms with E-state index >= 15 is 0 Å². The zero-order valence-corrected chi connectivity index (χ0v) is 40.8. The van der Waals surface area contributed by atoms with E-state index in [1.165, 1.54) is 57.8 Å². The summed E-state index contributed by atoms with van der Waals surface area (Å²) in [6.07, 6.45) is 67.2. The Morgan fingerprint density at radius 2 is 0.619 bits per heavy atom. The third kappa shape index (κ3) is 49.2. The first kappa shape index (κ1) is 59.3. The van der Waals surface area contributed by atoms with Gasteiger partial charge in [0.15, 0.2) is 6.10 Å². The average Bonchev–Trinajstić information content (AvgIpc) is 3.28. The smallest absolute Gasteiger partial charge is 0.306 e. The molecule has 1 unspecified atom stereocenters. The standard InChI is InChI=1S/C57H94O6/c1-4-7-10-13-15-17-19-20-21-22-23-24-25-26-27-28-29-30-31-32-33-34-35-36-38-39-41-44-47-50-56(59)62-53-54(52-61-55(58)49-46-43-12-9-6-3)63-57(60)51-48-45-42-40-37-18-16-14-11-8-5-2/h7,10,15,17,20-21,23-24,26-27,29-30,32-33,35-36,54H,4-6,8-9,11-14,16,18-19,22,25,28,31,34,37-53H2,1-3H3/b10-7-,17-15-,21-20-,24-23-,27-26-,30-29-,33-32-,36-35-. The maximum atomic E-state index is 12.7. The summed E-state index contributed by atoms with van der Waals surface area (Å²) in [5, 5.41) is 0. The molecule has 0 amide bonds. The van der Waals surface area contributed by atoms with Crippen LogP contribution in [-0.4, -0.2) is 37.2 Å². The zero-order chi connectivity index (χ0) is 45.8. The lowest BCUT2D eigenvalue weighted by atomic mass is 10.1. The molecular weight excluding hydrogens is 781 g/mol. The van der Waals surface area contributed by atoms with Crippen LogP contribution in [0.1, 0.15) is 226 Å². The van der Waals surface area contributed by atoms with E-state index in [4.69, 9.17) is 14.2 Å². The van der Waals surface area contributed by atoms with Gasteiger partial charge in [-0.2, -0.15) is 0 Å². The van der Waals surface area contributed by atoms with E-state index < -0.39 is 6.10 Å². The molecule has 0 bridgehead atoms. The van der Waals surface area contributed by atoms with Crippen molar-refractivity contribution in [2.45, 2.75) is 232 Å². The van der Waals surface area contributed by atoms with Gasteiger partial charge in [-0.05, 0) is 83.5 Å². The number of esters is 3. The predicted molar refractivity (Wildman–Crippen MR) is 270 cm³/mol. The van der Waals surface area contributed by atoms with Gasteiger partial charge in [-0.1, -0.05) is 221 Å². The fourth-order valence-electron chi connectivity index (χ4n) is 6.75. The van der Waals surface area contributed by atoms with E-state index in [1.54, 1.807) is 0 Å². The third-order valence-corrected chi connectivity index (χ3v) is 10.6. The summed E-state index contributed by atoms with van der Waals surface area (Å²) in [6.45, 7) is 6.39. The summed E-state index contributed by atoms with van der Waals surface area (Å²) in [4.78, 5) is 37.6. The predicted octanol–water partition coefficient (Wildman–Crippen LogP) is 17.0. The van der Waals surface area contributed by atoms with Gasteiger partial charge in [-0.25, -0.2) is 0 Å². The molecule has 0 saturated carbocycles. The molecule has 0 aromatic rings. The number of carbonyl (C=O) groups is 3. The molecule has 0 rings (SSSR count). The topological polar surface area (TPSA) is 78.9 Å². The van der Waals surface area contributed by atoms with Crippen LogP contribution in [0.15, 0.2) is 97.2 Å². The average molecular weight is 875 g/mol. The number of rotatable bonds is 45. The van der Waals surface area contributed by atoms with Crippen molar-refractivity contribution in [2.75, 3.05) is 13.2 Å². The molecule has 63 heavy (non-hydrogen) atoms. The van der Waals surface area contributed by atoms with Gasteiger partial charge in [-0.15, -0.1) is 0 Å². The molecule has 0 aliphatic carbocycles. The number of allylic oxidation sites excluding steroid dienone is 16. The van der Waals surface area contributed by atoms with E-state index in [-0.39, 0.29) is 31.1 Å². The van der Waals surface area contributed by atoms with Gasteiger partial charge in [0, 0.05) is 19.3 Å². The Bertz CT molecular complexity index is 1280. The lowest BCUT2D eigenvalue weighted by molar-refractivity contribution is -0.167. The second kappa shape index (κ2) is 51.0. The summed E-state index contributed by atoms with van der Waals surface area (Å²) < 4.78 is 16.6. The van der Waals surface area contributed by atoms with E-state index in [0.717, 1.165) is 128 Å². The van der Waals surface area contributed by atoms with Crippen molar-refractivity contribution in [3.8, 4) is 0 Å². The summed E-state index contributed by atoms with van der Waals surface area (Å²) in [5.41, 5.74) is 0. The van der Waals surface area contributed by atoms with E-state index in [1.807, 2.05) is 0 Å². The molecule has 0 aromatic carbocycles. The molecule has 0 aliphatic heterocycles. The maximum absolute atomic E-state index is 12.7. The largest absolute Gasteiger partial charge is 0.462 e. The maximum Gasteiger partial charge on any atom is 0.306 e. The molecule has 0 heterocycles. The van der Waals surface area contributed by atoms with Gasteiger partial charge < -0.3 is 14.2 Å². The van der Waals surface area contributed by atoms with Gasteiger partial charge in [-0.3, -0.25) is 14.4 Å². The molecule has 0 saturated heterocycles. The van der Waals surface area contributed by atoms with Gasteiger partial charge >= 0.3 is 17.9 Å². The summed E-state index contributed by atoms with van der Waals surface area (Å²) >= 11 is 0. The van der Waals surface area contributed by atoms with Crippen LogP contribution in [0.4, 0.5) is 0 Å². The minimum Gasteiger partial charge on any atom is -0.462 e. The lowest BCUT2D eigenvalue weighted by Crippen LogP contribution is -2.30. The van der Waals surface area contributed by atoms with Crippen molar-refractivity contribution in [3.63, 3.8) is 0 Å². The third-order valence-electron chi connectivity index (χ3n) is 10.6. The highest BCUT2D eigenvalue weighted by molar-refractivity contribution is 5.71. The monoisotopic (exact) mass is 875 g/mol. The number of hydrogen-bond acceptors (Lipinski definition) is 6. The van der Waals surface area contributed by atoms with Crippen LogP contribution >= 0.6 is 0 Å². The Balaban J connectivity index is 4.15. The lowest BCUT2D eigenvalue weighted by Gasteiger charge is -2.18. The highest BCUT2D eigenvalue weighted by Crippen LogP contribution is 2.14. The SMILES string of the molecule is CC/C=C\C/C=C\C/C=C\C/C=C\C/C=C\C/C=C\C/C=C\C/C=C\CCCCCCC(=O)OCC(COC(=O)CCCCCCC)OC(=O)CCCCCCCCCCCCC. The molecule has 0 fully saturated rings. The molecular formula is C57H94O6. The van der Waals surface area contributed by atoms with E-state index in [9.17, 15) is 14.4 Å². The summed E-state index contributed by atoms with van der Waals surface area (Å²) in [6, 6.07) is 0. The summed E-state index contributed by atoms with van der Waals surface area (Å²) in [5.74, 6) is -0.930. The second-order valence-electron chi connectivity index (χ2n) is 16.7. The van der Waals surface area contributed by atoms with E-state index in [2.05, 4.69) is 118 Å². The Kier molecular flexibility index (Phi) is 48.0. The normalized spacial score (nSPS) is 12.9. The van der Waals surface area contributed by atoms with Gasteiger partial charge in [0.25, 0.3) is 0 Å². The summed E-state index contributed by atoms with van der Waals surface area (Å²) in [7, 11) is 0. The van der Waals surface area contributed by atoms with E-state index in [0.29, 0.717) is 19.3 Å². The Hall–Kier alpha value is -3.67. The van der Waals surface area contributed by atoms with Crippen LogP contribution in [0.25, 0.3) is 0 Å². The quantitative estimate of drug-likeness (QED) is 0.0262. The van der Waals surface area contributed by atoms with Gasteiger partial charge in [0.2, 0.25) is 0 Å². The van der Waals surface area contributed by atoms with Crippen LogP contribution < -0.4 is 0 Å². The van der Waals surface area contributed by atoms with Crippen LogP contribution in [0.2, 0.25) is 0 Å². The molecule has 0 aromatic heterocycles. The molecule has 358 valence electrons. The van der Waals surface area contributed by atoms with Gasteiger partial charge in [0.1, 0.15) is 13.2 Å². The van der Waals surface area contributed by atoms with Crippen LogP contribution in [-0.2, 0) is 28.6 Å². The molecule has 0 aliphatic rings. The zero-order valence-electron chi connectivity index (χ0n) is 40.8. The molecule has 6 nitrogen and oxygen atoms in total. The van der Waals surface area contributed by atoms with Crippen LogP contribution in [0, 0.1) is 0 Å². The number of hydrogen-bond donors (Lipinski definition) is 0. The Labute approximate surface area is 387 Å². The highest BCUT2D eigenvalue weighted by Gasteiger charge is 2.19. The number of ether oxygens (including phenoxy) is 3. The van der Waals surface area contributed by atoms with Crippen LogP contribution in [0.3, 0.4) is 0 Å². The Morgan fingerprint density at radius 3 is 0.968 bits per heavy atom. The van der Waals surface area contributed by atoms with Crippen molar-refractivity contribution in [1.29, 1.82) is 0 Å². The first-order valence-electron chi connectivity index (χ1n) is 25.7. The van der Waals surface area contributed by atoms with Crippen LogP contribution in [0.5, 0.6) is 0 Å². The fraction of sp³-hybridized carbons (Fsp3) is 0.667. The highest BCUT2D eigenvalue weighted by atomic mass is 16.6. The molecule has 0 N–H and O–H groups in total. The van der Waals surface area contributed by atoms with Gasteiger partial charge in [0.05, 0.1) is 0 Å². The minimum atomic E-state index is -0.781. The molecule has 0 radical (unpaired) electrons. The number of carbonyl (C=O) groups excluding carboxylic acids is 3.